The molecule has 1 unspecified atom stereocenters. The first-order valence-corrected chi connectivity index (χ1v) is 44.5. The minimum Gasteiger partial charge on any atom is -0.477 e. The fourth-order valence-corrected chi connectivity index (χ4v) is 18.1. The number of rotatable bonds is 15. The van der Waals surface area contributed by atoms with Crippen LogP contribution in [0.4, 0.5) is 17.1 Å². The van der Waals surface area contributed by atoms with Crippen molar-refractivity contribution in [2.24, 2.45) is 45.3 Å². The molecule has 4 aromatic rings. The van der Waals surface area contributed by atoms with Gasteiger partial charge in [0.05, 0.1) is 57.9 Å². The van der Waals surface area contributed by atoms with E-state index in [2.05, 4.69) is 87.2 Å². The van der Waals surface area contributed by atoms with Gasteiger partial charge in [0.1, 0.15) is 37.6 Å². The molecule has 7 heterocycles. The number of esters is 3. The Morgan fingerprint density at radius 1 is 0.447 bits per heavy atom. The number of carbonyl (C=O) groups excluding carboxylic acids is 8. The molecule has 4 aromatic heterocycles. The van der Waals surface area contributed by atoms with Crippen molar-refractivity contribution < 1.29 is 62.5 Å². The molecular formula is C90H125BrN6O13S4. The Balaban J connectivity index is 0.000000245. The zero-order chi connectivity index (χ0) is 85.1. The molecule has 2 aliphatic carbocycles. The number of thiophene rings is 4. The smallest absolute Gasteiger partial charge is 0.350 e. The Morgan fingerprint density at radius 2 is 0.763 bits per heavy atom. The zero-order valence-electron chi connectivity index (χ0n) is 71.8. The maximum absolute atomic E-state index is 14.2. The lowest BCUT2D eigenvalue weighted by Gasteiger charge is -2.37. The molecule has 3 atom stereocenters. The number of carboxylic acid groups (broad SMARTS) is 1. The molecule has 0 bridgehead atoms. The van der Waals surface area contributed by atoms with Gasteiger partial charge >= 0.3 is 23.9 Å². The second-order valence-corrected chi connectivity index (χ2v) is 40.6. The lowest BCUT2D eigenvalue weighted by atomic mass is 9.82. The molecule has 0 spiro atoms. The van der Waals surface area contributed by atoms with Crippen molar-refractivity contribution in [3.8, 4) is 47.4 Å². The van der Waals surface area contributed by atoms with Gasteiger partial charge in [0, 0.05) is 75.7 Å². The summed E-state index contributed by atoms with van der Waals surface area (Å²) in [7, 11) is 4.08. The van der Waals surface area contributed by atoms with Gasteiger partial charge < -0.3 is 39.3 Å². The number of methoxy groups -OCH3 is 3. The SMILES string of the molecule is CC1CCC(C(=O)N(c2cc(C#CC(C)(C)C)sc2C(=O)O)[C@H]2CCCCN(C(C)C)C2=O)CC1.COC(=O)c1sc(C#CC(C)(C)C)cc1Br.COC(=O)c1sc(C#CC(C)(C)C)cc1N(C(=O)C1CCC(C)CC1)C1CCCCN(C(C)C)C1=O.COC(=O)c1sc(C#CC(C)(C)C)cc1N[C@H]1CCCCN(C(C)C)C1=O. The molecule has 5 fully saturated rings. The average Bonchev–Trinajstić information content (AvgIpc) is 1.60. The summed E-state index contributed by atoms with van der Waals surface area (Å²) < 4.78 is 15.4. The number of halogens is 1. The highest BCUT2D eigenvalue weighted by Gasteiger charge is 2.44. The van der Waals surface area contributed by atoms with E-state index in [-0.39, 0.29) is 98.0 Å². The zero-order valence-corrected chi connectivity index (χ0v) is 76.7. The van der Waals surface area contributed by atoms with Crippen molar-refractivity contribution in [3.63, 3.8) is 0 Å². The van der Waals surface area contributed by atoms with Crippen molar-refractivity contribution in [1.82, 2.24) is 14.7 Å². The van der Waals surface area contributed by atoms with E-state index in [1.165, 1.54) is 55.3 Å². The fraction of sp³-hybridized carbons (Fsp3) is 0.633. The minimum atomic E-state index is -1.09. The molecule has 2 N–H and O–H groups in total. The normalized spacial score (nSPS) is 20.2. The summed E-state index contributed by atoms with van der Waals surface area (Å²) >= 11 is 8.28. The van der Waals surface area contributed by atoms with Crippen LogP contribution < -0.4 is 15.1 Å². The van der Waals surface area contributed by atoms with E-state index in [9.17, 15) is 48.3 Å². The van der Waals surface area contributed by atoms with Gasteiger partial charge in [-0.1, -0.05) is 61.2 Å². The summed E-state index contributed by atoms with van der Waals surface area (Å²) in [4.78, 5) is 131. The lowest BCUT2D eigenvalue weighted by molar-refractivity contribution is -0.136. The first-order valence-electron chi connectivity index (χ1n) is 40.4. The highest BCUT2D eigenvalue weighted by Crippen LogP contribution is 2.42. The maximum atomic E-state index is 14.2. The van der Waals surface area contributed by atoms with Crippen LogP contribution in [0, 0.1) is 92.7 Å². The van der Waals surface area contributed by atoms with Crippen LogP contribution >= 0.6 is 61.3 Å². The fourth-order valence-electron chi connectivity index (χ4n) is 13.9. The standard InChI is InChI=1S/C29H42N2O4S.C28H40N2O4S.C21H30N2O3S.C12H13BrO2S/c1-19(2)30-17-9-8-10-23(27(30)33)31(26(32)21-13-11-20(3)12-14-21)24-18-22(15-16-29(4,5)6)36-25(24)28(34)35-7;1-18(2)29-16-8-7-9-22(26(29)32)30(25(31)20-12-10-19(3)11-13-20)23-17-21(14-15-28(4,5)6)35-24(23)27(33)34;1-14(2)23-12-8-7-9-16(19(23)24)22-17-13-15(10-11-21(3,4)5)27-18(17)20(25)26-6;1-12(2,3)6-5-8-7-9(13)10(16-8)11(14)15-4/h18-21,23H,8-14,17H2,1-7H3;17-20,22H,7-13,16H2,1-6H3,(H,33,34);13-14,16,22H,7-9,12H2,1-6H3;7H,1-4H3/t;19?,20?,22-;16-;/m.00./s1. The molecule has 0 aromatic carbocycles. The van der Waals surface area contributed by atoms with Crippen molar-refractivity contribution in [2.45, 2.75) is 284 Å². The summed E-state index contributed by atoms with van der Waals surface area (Å²) in [6.45, 7) is 43.0. The van der Waals surface area contributed by atoms with Crippen LogP contribution in [0.1, 0.15) is 306 Å². The molecular weight excluding hydrogens is 1580 g/mol. The van der Waals surface area contributed by atoms with E-state index in [0.717, 1.165) is 128 Å². The number of amides is 5. The molecule has 3 aliphatic heterocycles. The number of ether oxygens (including phenoxy) is 3. The number of carboxylic acids is 1. The van der Waals surface area contributed by atoms with Crippen molar-refractivity contribution in [2.75, 3.05) is 56.1 Å². The van der Waals surface area contributed by atoms with Crippen LogP contribution in [0.15, 0.2) is 28.7 Å². The molecule has 624 valence electrons. The van der Waals surface area contributed by atoms with Gasteiger partial charge in [-0.2, -0.15) is 0 Å². The summed E-state index contributed by atoms with van der Waals surface area (Å²) in [5, 5.41) is 13.4. The number of hydrogen-bond acceptors (Lipinski definition) is 17. The summed E-state index contributed by atoms with van der Waals surface area (Å²) in [6, 6.07) is 5.79. The second kappa shape index (κ2) is 42.6. The molecule has 5 amide bonds. The number of aromatic carboxylic acids is 1. The molecule has 114 heavy (non-hydrogen) atoms. The maximum Gasteiger partial charge on any atom is 0.350 e. The average molecular weight is 1710 g/mol. The van der Waals surface area contributed by atoms with E-state index < -0.39 is 30.0 Å². The minimum absolute atomic E-state index is 0.0187. The Hall–Kier alpha value is -7.45. The van der Waals surface area contributed by atoms with Gasteiger partial charge in [0.15, 0.2) is 0 Å². The quantitative estimate of drug-likeness (QED) is 0.0641. The number of carbonyl (C=O) groups is 9. The molecule has 24 heteroatoms. The Morgan fingerprint density at radius 3 is 1.13 bits per heavy atom. The Kier molecular flexibility index (Phi) is 35.7. The highest BCUT2D eigenvalue weighted by atomic mass is 79.9. The number of likely N-dealkylation sites (tertiary alicyclic amines) is 3. The Labute approximate surface area is 704 Å². The van der Waals surface area contributed by atoms with Crippen LogP contribution in [0.25, 0.3) is 0 Å². The third kappa shape index (κ3) is 28.2. The van der Waals surface area contributed by atoms with E-state index in [0.29, 0.717) is 79.2 Å². The topological polar surface area (TPSA) is 230 Å². The first kappa shape index (κ1) is 95.4. The van der Waals surface area contributed by atoms with Gasteiger partial charge in [-0.15, -0.1) is 45.3 Å². The summed E-state index contributed by atoms with van der Waals surface area (Å²) in [6.07, 6.45) is 14.4. The van der Waals surface area contributed by atoms with Gasteiger partial charge in [-0.25, -0.2) is 19.2 Å². The number of anilines is 3. The highest BCUT2D eigenvalue weighted by molar-refractivity contribution is 9.10. The molecule has 0 radical (unpaired) electrons. The van der Waals surface area contributed by atoms with Crippen molar-refractivity contribution in [1.29, 1.82) is 0 Å². The van der Waals surface area contributed by atoms with Crippen molar-refractivity contribution >= 4 is 132 Å². The largest absolute Gasteiger partial charge is 0.477 e. The van der Waals surface area contributed by atoms with E-state index in [4.69, 9.17) is 9.47 Å². The van der Waals surface area contributed by atoms with Crippen LogP contribution in [-0.4, -0.2) is 150 Å². The monoisotopic (exact) mass is 1700 g/mol. The van der Waals surface area contributed by atoms with E-state index >= 15 is 0 Å². The molecule has 19 nitrogen and oxygen atoms in total. The van der Waals surface area contributed by atoms with Crippen LogP contribution in [0.3, 0.4) is 0 Å². The number of nitrogens with zero attached hydrogens (tertiary/aromatic N) is 5. The molecule has 5 aliphatic rings. The number of hydrogen-bond donors (Lipinski definition) is 2. The van der Waals surface area contributed by atoms with Gasteiger partial charge in [0.25, 0.3) is 0 Å². The van der Waals surface area contributed by atoms with Gasteiger partial charge in [-0.3, -0.25) is 33.8 Å². The molecule has 9 rings (SSSR count). The third-order valence-corrected chi connectivity index (χ3v) is 25.0. The lowest BCUT2D eigenvalue weighted by Crippen LogP contribution is -2.53. The summed E-state index contributed by atoms with van der Waals surface area (Å²) in [5.41, 5.74) is 0.815. The first-order chi connectivity index (χ1) is 53.3. The Bertz CT molecular complexity index is 4300. The molecule has 3 saturated heterocycles. The van der Waals surface area contributed by atoms with Crippen molar-refractivity contribution in [3.05, 3.63) is 67.8 Å². The predicted molar refractivity (Wildman–Crippen MR) is 466 cm³/mol. The molecule has 2 saturated carbocycles. The second-order valence-electron chi connectivity index (χ2n) is 35.5. The van der Waals surface area contributed by atoms with Gasteiger partial charge in [0.2, 0.25) is 29.5 Å². The third-order valence-electron chi connectivity index (χ3n) is 20.1. The van der Waals surface area contributed by atoms with E-state index in [1.807, 2.05) is 158 Å². The summed E-state index contributed by atoms with van der Waals surface area (Å²) in [5.74, 6) is 23.5. The predicted octanol–water partition coefficient (Wildman–Crippen LogP) is 19.5. The van der Waals surface area contributed by atoms with Crippen LogP contribution in [0.2, 0.25) is 0 Å². The number of nitrogens with one attached hydrogen (secondary N) is 1. The van der Waals surface area contributed by atoms with Crippen LogP contribution in [0.5, 0.6) is 0 Å². The van der Waals surface area contributed by atoms with Gasteiger partial charge in [-0.05, 0) is 286 Å². The van der Waals surface area contributed by atoms with E-state index in [1.54, 1.807) is 15.9 Å². The van der Waals surface area contributed by atoms with Crippen LogP contribution in [-0.2, 0) is 38.2 Å².